The van der Waals surface area contributed by atoms with E-state index in [1.165, 1.54) is 6.42 Å². The highest BCUT2D eigenvalue weighted by Gasteiger charge is 2.25. The minimum absolute atomic E-state index is 0.128. The molecule has 1 aromatic heterocycles. The normalized spacial score (nSPS) is 16.9. The largest absolute Gasteiger partial charge is 0.477 e. The molecule has 0 aromatic carbocycles. The van der Waals surface area contributed by atoms with Crippen LogP contribution in [0, 0.1) is 0 Å². The summed E-state index contributed by atoms with van der Waals surface area (Å²) in [7, 11) is 0. The van der Waals surface area contributed by atoms with Crippen LogP contribution in [0.2, 0.25) is 0 Å². The molecular formula is C12H14O4S. The lowest BCUT2D eigenvalue weighted by molar-refractivity contribution is 0.0691. The van der Waals surface area contributed by atoms with Crippen LogP contribution in [0.3, 0.4) is 0 Å². The average molecular weight is 254 g/mol. The Morgan fingerprint density at radius 1 is 1.12 bits per heavy atom. The van der Waals surface area contributed by atoms with Gasteiger partial charge < -0.3 is 10.2 Å². The van der Waals surface area contributed by atoms with Crippen molar-refractivity contribution in [3.63, 3.8) is 0 Å². The van der Waals surface area contributed by atoms with Crippen LogP contribution in [0.15, 0.2) is 6.07 Å². The average Bonchev–Trinajstić information content (AvgIpc) is 2.75. The smallest absolute Gasteiger partial charge is 0.346 e. The molecule has 1 aliphatic rings. The van der Waals surface area contributed by atoms with Crippen molar-refractivity contribution in [3.05, 3.63) is 21.4 Å². The van der Waals surface area contributed by atoms with Gasteiger partial charge in [-0.15, -0.1) is 11.3 Å². The molecule has 17 heavy (non-hydrogen) atoms. The molecule has 1 fully saturated rings. The number of carbonyl (C=O) groups is 2. The molecule has 92 valence electrons. The van der Waals surface area contributed by atoms with Crippen LogP contribution < -0.4 is 0 Å². The lowest BCUT2D eigenvalue weighted by Gasteiger charge is -2.21. The van der Waals surface area contributed by atoms with Crippen LogP contribution >= 0.6 is 11.3 Å². The third-order valence-electron chi connectivity index (χ3n) is 3.21. The second kappa shape index (κ2) is 4.87. The summed E-state index contributed by atoms with van der Waals surface area (Å²) in [5, 5.41) is 18.0. The zero-order valence-electron chi connectivity index (χ0n) is 9.31. The van der Waals surface area contributed by atoms with E-state index >= 15 is 0 Å². The second-order valence-corrected chi connectivity index (χ2v) is 5.39. The van der Waals surface area contributed by atoms with Crippen molar-refractivity contribution in [2.45, 2.75) is 38.0 Å². The number of hydrogen-bond acceptors (Lipinski definition) is 3. The van der Waals surface area contributed by atoms with Gasteiger partial charge in [0, 0.05) is 0 Å². The van der Waals surface area contributed by atoms with Gasteiger partial charge in [-0.3, -0.25) is 0 Å². The summed E-state index contributed by atoms with van der Waals surface area (Å²) in [6.07, 6.45) is 5.32. The Balaban J connectivity index is 2.36. The Bertz CT molecular complexity index is 443. The van der Waals surface area contributed by atoms with E-state index in [1.54, 1.807) is 6.07 Å². The molecule has 0 aliphatic heterocycles. The van der Waals surface area contributed by atoms with E-state index < -0.39 is 11.9 Å². The standard InChI is InChI=1S/C12H14O4S/c13-11(14)9-6-8(10(17-9)12(15)16)7-4-2-1-3-5-7/h6-7H,1-5H2,(H,13,14)(H,15,16). The molecule has 2 N–H and O–H groups in total. The highest BCUT2D eigenvalue weighted by atomic mass is 32.1. The highest BCUT2D eigenvalue weighted by Crippen LogP contribution is 2.37. The molecule has 0 saturated heterocycles. The zero-order chi connectivity index (χ0) is 12.4. The molecule has 0 atom stereocenters. The first-order chi connectivity index (χ1) is 8.09. The number of hydrogen-bond donors (Lipinski definition) is 2. The summed E-state index contributed by atoms with van der Waals surface area (Å²) in [6, 6.07) is 1.55. The minimum Gasteiger partial charge on any atom is -0.477 e. The number of carboxylic acid groups (broad SMARTS) is 2. The van der Waals surface area contributed by atoms with Crippen molar-refractivity contribution in [3.8, 4) is 0 Å². The first kappa shape index (κ1) is 12.1. The van der Waals surface area contributed by atoms with Crippen molar-refractivity contribution in [2.24, 2.45) is 0 Å². The first-order valence-electron chi connectivity index (χ1n) is 5.70. The van der Waals surface area contributed by atoms with Gasteiger partial charge in [0.25, 0.3) is 0 Å². The van der Waals surface area contributed by atoms with Crippen LogP contribution in [-0.4, -0.2) is 22.2 Å². The molecule has 1 saturated carbocycles. The van der Waals surface area contributed by atoms with Crippen LogP contribution in [0.5, 0.6) is 0 Å². The quantitative estimate of drug-likeness (QED) is 0.868. The maximum atomic E-state index is 11.1. The molecule has 2 rings (SSSR count). The summed E-state index contributed by atoms with van der Waals surface area (Å²) in [6.45, 7) is 0. The Morgan fingerprint density at radius 3 is 2.29 bits per heavy atom. The minimum atomic E-state index is -1.04. The maximum absolute atomic E-state index is 11.1. The predicted molar refractivity (Wildman–Crippen MR) is 64.1 cm³/mol. The predicted octanol–water partition coefficient (Wildman–Crippen LogP) is 3.19. The van der Waals surface area contributed by atoms with Crippen molar-refractivity contribution in [1.82, 2.24) is 0 Å². The molecule has 0 amide bonds. The van der Waals surface area contributed by atoms with E-state index in [0.717, 1.165) is 42.6 Å². The molecule has 0 unspecified atom stereocenters. The number of rotatable bonds is 3. The monoisotopic (exact) mass is 254 g/mol. The van der Waals surface area contributed by atoms with Gasteiger partial charge in [0.15, 0.2) is 0 Å². The van der Waals surface area contributed by atoms with E-state index in [9.17, 15) is 9.59 Å². The SMILES string of the molecule is O=C(O)c1cc(C2CCCCC2)c(C(=O)O)s1. The molecule has 5 heteroatoms. The van der Waals surface area contributed by atoms with Gasteiger partial charge in [-0.25, -0.2) is 9.59 Å². The van der Waals surface area contributed by atoms with Gasteiger partial charge in [-0.05, 0) is 30.4 Å². The molecule has 1 aromatic rings. The number of thiophene rings is 1. The molecule has 4 nitrogen and oxygen atoms in total. The van der Waals surface area contributed by atoms with E-state index in [4.69, 9.17) is 10.2 Å². The molecule has 1 aliphatic carbocycles. The van der Waals surface area contributed by atoms with Crippen molar-refractivity contribution < 1.29 is 19.8 Å². The van der Waals surface area contributed by atoms with Gasteiger partial charge in [0.1, 0.15) is 9.75 Å². The molecule has 0 spiro atoms. The lowest BCUT2D eigenvalue weighted by atomic mass is 9.84. The van der Waals surface area contributed by atoms with Gasteiger partial charge in [-0.1, -0.05) is 19.3 Å². The Hall–Kier alpha value is -1.36. The summed E-state index contributed by atoms with van der Waals surface area (Å²) in [5.74, 6) is -1.83. The summed E-state index contributed by atoms with van der Waals surface area (Å²) in [5.41, 5.74) is 0.722. The fourth-order valence-electron chi connectivity index (χ4n) is 2.39. The van der Waals surface area contributed by atoms with Crippen LogP contribution in [0.4, 0.5) is 0 Å². The Morgan fingerprint density at radius 2 is 1.76 bits per heavy atom. The Labute approximate surface area is 103 Å². The summed E-state index contributed by atoms with van der Waals surface area (Å²) < 4.78 is 0. The van der Waals surface area contributed by atoms with Gasteiger partial charge in [-0.2, -0.15) is 0 Å². The number of aromatic carboxylic acids is 2. The lowest BCUT2D eigenvalue weighted by Crippen LogP contribution is -2.07. The van der Waals surface area contributed by atoms with Gasteiger partial charge in [0.2, 0.25) is 0 Å². The molecule has 0 radical (unpaired) electrons. The van der Waals surface area contributed by atoms with Gasteiger partial charge in [0.05, 0.1) is 0 Å². The fraction of sp³-hybridized carbons (Fsp3) is 0.500. The van der Waals surface area contributed by atoms with Crippen molar-refractivity contribution in [1.29, 1.82) is 0 Å². The second-order valence-electron chi connectivity index (χ2n) is 4.34. The maximum Gasteiger partial charge on any atom is 0.346 e. The van der Waals surface area contributed by atoms with E-state index in [0.29, 0.717) is 0 Å². The first-order valence-corrected chi connectivity index (χ1v) is 6.51. The van der Waals surface area contributed by atoms with E-state index in [2.05, 4.69) is 0 Å². The summed E-state index contributed by atoms with van der Waals surface area (Å²) in [4.78, 5) is 22.3. The molecular weight excluding hydrogens is 240 g/mol. The number of carboxylic acids is 2. The molecule has 1 heterocycles. The van der Waals surface area contributed by atoms with Crippen LogP contribution in [0.1, 0.15) is 62.9 Å². The van der Waals surface area contributed by atoms with E-state index in [-0.39, 0.29) is 15.7 Å². The Kier molecular flexibility index (Phi) is 3.47. The van der Waals surface area contributed by atoms with Crippen molar-refractivity contribution in [2.75, 3.05) is 0 Å². The van der Waals surface area contributed by atoms with Crippen LogP contribution in [0.25, 0.3) is 0 Å². The third-order valence-corrected chi connectivity index (χ3v) is 4.34. The molecule has 0 bridgehead atoms. The summed E-state index contributed by atoms with van der Waals surface area (Å²) >= 11 is 0.870. The third kappa shape index (κ3) is 2.49. The van der Waals surface area contributed by atoms with Crippen LogP contribution in [-0.2, 0) is 0 Å². The fourth-order valence-corrected chi connectivity index (χ4v) is 3.32. The zero-order valence-corrected chi connectivity index (χ0v) is 10.1. The highest BCUT2D eigenvalue weighted by molar-refractivity contribution is 7.16. The topological polar surface area (TPSA) is 74.6 Å². The van der Waals surface area contributed by atoms with Crippen molar-refractivity contribution >= 4 is 23.3 Å². The van der Waals surface area contributed by atoms with E-state index in [1.807, 2.05) is 0 Å². The van der Waals surface area contributed by atoms with Gasteiger partial charge >= 0.3 is 11.9 Å².